The van der Waals surface area contributed by atoms with Crippen molar-refractivity contribution in [1.29, 1.82) is 0 Å². The van der Waals surface area contributed by atoms with Gasteiger partial charge in [-0.2, -0.15) is 0 Å². The largest absolute Gasteiger partial charge is 0.477 e. The molecule has 0 bridgehead atoms. The lowest BCUT2D eigenvalue weighted by Gasteiger charge is -2.18. The maximum atomic E-state index is 11.8. The fraction of sp³-hybridized carbons (Fsp3) is 0.545. The Morgan fingerprint density at radius 2 is 1.52 bits per heavy atom. The lowest BCUT2D eigenvalue weighted by molar-refractivity contribution is 0.0689. The number of hydrogen-bond donors (Lipinski definition) is 1. The molecule has 25 heavy (non-hydrogen) atoms. The number of benzene rings is 1. The average molecular weight is 341 g/mol. The number of aromatic carboxylic acids is 1. The minimum Gasteiger partial charge on any atom is -0.477 e. The lowest BCUT2D eigenvalue weighted by Crippen LogP contribution is -2.11. The quantitative estimate of drug-likeness (QED) is 0.580. The highest BCUT2D eigenvalue weighted by molar-refractivity contribution is 5.95. The fourth-order valence-corrected chi connectivity index (χ4v) is 3.51. The van der Waals surface area contributed by atoms with E-state index in [2.05, 4.69) is 31.8 Å². The lowest BCUT2D eigenvalue weighted by atomic mass is 9.89. The summed E-state index contributed by atoms with van der Waals surface area (Å²) in [5.41, 5.74) is 4.65. The molecule has 2 rings (SSSR count). The van der Waals surface area contributed by atoms with Gasteiger partial charge < -0.3 is 5.11 Å². The first-order chi connectivity index (χ1) is 12.1. The van der Waals surface area contributed by atoms with Gasteiger partial charge in [0.05, 0.1) is 5.52 Å². The van der Waals surface area contributed by atoms with E-state index in [4.69, 9.17) is 0 Å². The monoisotopic (exact) mass is 341 g/mol. The van der Waals surface area contributed by atoms with Crippen LogP contribution in [0, 0.1) is 0 Å². The number of hydrogen-bond acceptors (Lipinski definition) is 2. The number of pyridine rings is 1. The molecule has 0 spiro atoms. The summed E-state index contributed by atoms with van der Waals surface area (Å²) >= 11 is 0. The summed E-state index contributed by atoms with van der Waals surface area (Å²) in [7, 11) is 0. The van der Waals surface area contributed by atoms with E-state index < -0.39 is 5.97 Å². The van der Waals surface area contributed by atoms with Crippen molar-refractivity contribution in [3.63, 3.8) is 0 Å². The Hall–Kier alpha value is -1.90. The van der Waals surface area contributed by atoms with E-state index in [0.29, 0.717) is 0 Å². The molecule has 1 aromatic carbocycles. The predicted molar refractivity (Wildman–Crippen MR) is 105 cm³/mol. The molecule has 0 atom stereocenters. The molecule has 2 aromatic rings. The maximum absolute atomic E-state index is 11.8. The summed E-state index contributed by atoms with van der Waals surface area (Å²) in [6, 6.07) is 6.18. The second-order valence-corrected chi connectivity index (χ2v) is 6.84. The van der Waals surface area contributed by atoms with Crippen LogP contribution in [0.15, 0.2) is 18.2 Å². The summed E-state index contributed by atoms with van der Waals surface area (Å²) < 4.78 is 0. The van der Waals surface area contributed by atoms with Crippen LogP contribution < -0.4 is 0 Å². The van der Waals surface area contributed by atoms with Crippen LogP contribution in [-0.4, -0.2) is 16.1 Å². The Kier molecular flexibility index (Phi) is 7.42. The zero-order chi connectivity index (χ0) is 18.2. The first-order valence-electron chi connectivity index (χ1n) is 9.80. The molecule has 0 aliphatic heterocycles. The molecule has 0 aliphatic rings. The highest BCUT2D eigenvalue weighted by atomic mass is 16.4. The van der Waals surface area contributed by atoms with Crippen LogP contribution in [0.5, 0.6) is 0 Å². The molecule has 1 heterocycles. The number of aryl methyl sites for hydroxylation is 2. The van der Waals surface area contributed by atoms with Crippen molar-refractivity contribution in [1.82, 2.24) is 4.98 Å². The molecule has 0 amide bonds. The Balaban J connectivity index is 2.72. The zero-order valence-electron chi connectivity index (χ0n) is 15.9. The van der Waals surface area contributed by atoms with Crippen molar-refractivity contribution >= 4 is 16.9 Å². The number of nitrogens with zero attached hydrogens (tertiary/aromatic N) is 1. The highest BCUT2D eigenvalue weighted by Gasteiger charge is 2.20. The van der Waals surface area contributed by atoms with Gasteiger partial charge in [0.25, 0.3) is 0 Å². The molecule has 3 heteroatoms. The molecular weight excluding hydrogens is 310 g/mol. The molecule has 0 unspecified atom stereocenters. The second kappa shape index (κ2) is 9.55. The molecule has 1 N–H and O–H groups in total. The van der Waals surface area contributed by atoms with Gasteiger partial charge in [0.15, 0.2) is 5.69 Å². The third kappa shape index (κ3) is 4.59. The standard InChI is InChI=1S/C22H31NO2/c1-4-7-11-16-12-10-15-19-20(16)17(13-8-5-2)18(14-9-6-3)21(23-19)22(24)25/h10,12,15H,4-9,11,13-14H2,1-3H3,(H,24,25). The minimum absolute atomic E-state index is 0.264. The normalized spacial score (nSPS) is 11.2. The number of fused-ring (bicyclic) bond motifs is 1. The first kappa shape index (κ1) is 19.4. The molecule has 136 valence electrons. The number of carboxylic acids is 1. The van der Waals surface area contributed by atoms with E-state index in [-0.39, 0.29) is 5.69 Å². The van der Waals surface area contributed by atoms with Crippen LogP contribution in [-0.2, 0) is 19.3 Å². The maximum Gasteiger partial charge on any atom is 0.354 e. The summed E-state index contributed by atoms with van der Waals surface area (Å²) in [6.45, 7) is 6.54. The third-order valence-electron chi connectivity index (χ3n) is 4.88. The van der Waals surface area contributed by atoms with Gasteiger partial charge in [-0.25, -0.2) is 9.78 Å². The topological polar surface area (TPSA) is 50.2 Å². The Morgan fingerprint density at radius 1 is 0.920 bits per heavy atom. The van der Waals surface area contributed by atoms with Crippen molar-refractivity contribution in [2.45, 2.75) is 78.6 Å². The number of carboxylic acid groups (broad SMARTS) is 1. The molecule has 3 nitrogen and oxygen atoms in total. The van der Waals surface area contributed by atoms with Crippen LogP contribution >= 0.6 is 0 Å². The summed E-state index contributed by atoms with van der Waals surface area (Å²) in [5.74, 6) is -0.898. The molecule has 0 saturated carbocycles. The SMILES string of the molecule is CCCCc1c(C(=O)O)nc2cccc(CCCC)c2c1CCCC. The smallest absolute Gasteiger partial charge is 0.354 e. The van der Waals surface area contributed by atoms with Gasteiger partial charge in [-0.3, -0.25) is 0 Å². The van der Waals surface area contributed by atoms with Gasteiger partial charge in [0.2, 0.25) is 0 Å². The van der Waals surface area contributed by atoms with Gasteiger partial charge in [-0.15, -0.1) is 0 Å². The number of aromatic nitrogens is 1. The Morgan fingerprint density at radius 3 is 2.12 bits per heavy atom. The van der Waals surface area contributed by atoms with E-state index in [1.807, 2.05) is 12.1 Å². The first-order valence-corrected chi connectivity index (χ1v) is 9.80. The van der Waals surface area contributed by atoms with Crippen LogP contribution in [0.1, 0.15) is 86.5 Å². The highest BCUT2D eigenvalue weighted by Crippen LogP contribution is 2.30. The van der Waals surface area contributed by atoms with Gasteiger partial charge in [-0.05, 0) is 61.3 Å². The van der Waals surface area contributed by atoms with E-state index >= 15 is 0 Å². The van der Waals surface area contributed by atoms with Crippen LogP contribution in [0.4, 0.5) is 0 Å². The molecule has 0 fully saturated rings. The zero-order valence-corrected chi connectivity index (χ0v) is 15.9. The van der Waals surface area contributed by atoms with Crippen molar-refractivity contribution in [3.8, 4) is 0 Å². The van der Waals surface area contributed by atoms with Gasteiger partial charge in [0.1, 0.15) is 0 Å². The van der Waals surface area contributed by atoms with Crippen molar-refractivity contribution < 1.29 is 9.90 Å². The minimum atomic E-state index is -0.898. The summed E-state index contributed by atoms with van der Waals surface area (Å²) in [6.07, 6.45) is 9.34. The number of rotatable bonds is 10. The van der Waals surface area contributed by atoms with Gasteiger partial charge in [0, 0.05) is 5.39 Å². The van der Waals surface area contributed by atoms with Gasteiger partial charge >= 0.3 is 5.97 Å². The Bertz CT molecular complexity index is 722. The van der Waals surface area contributed by atoms with Crippen LogP contribution in [0.2, 0.25) is 0 Å². The van der Waals surface area contributed by atoms with Crippen molar-refractivity contribution in [2.24, 2.45) is 0 Å². The predicted octanol–water partition coefficient (Wildman–Crippen LogP) is 5.96. The third-order valence-corrected chi connectivity index (χ3v) is 4.88. The fourth-order valence-electron chi connectivity index (χ4n) is 3.51. The van der Waals surface area contributed by atoms with E-state index in [0.717, 1.165) is 68.9 Å². The molecule has 0 saturated heterocycles. The molecule has 0 aliphatic carbocycles. The van der Waals surface area contributed by atoms with E-state index in [1.54, 1.807) is 0 Å². The summed E-state index contributed by atoms with van der Waals surface area (Å²) in [4.78, 5) is 16.4. The Labute approximate surface area is 151 Å². The van der Waals surface area contributed by atoms with Crippen LogP contribution in [0.3, 0.4) is 0 Å². The molecule has 1 aromatic heterocycles. The van der Waals surface area contributed by atoms with Gasteiger partial charge in [-0.1, -0.05) is 52.2 Å². The molecule has 0 radical (unpaired) electrons. The van der Waals surface area contributed by atoms with Crippen molar-refractivity contribution in [3.05, 3.63) is 40.6 Å². The molecular formula is C22H31NO2. The summed E-state index contributed by atoms with van der Waals surface area (Å²) in [5, 5.41) is 10.9. The van der Waals surface area contributed by atoms with E-state index in [1.165, 1.54) is 16.5 Å². The second-order valence-electron chi connectivity index (χ2n) is 6.84. The van der Waals surface area contributed by atoms with Crippen molar-refractivity contribution in [2.75, 3.05) is 0 Å². The average Bonchev–Trinajstić information content (AvgIpc) is 2.62. The van der Waals surface area contributed by atoms with Crippen LogP contribution in [0.25, 0.3) is 10.9 Å². The number of carbonyl (C=O) groups is 1. The van der Waals surface area contributed by atoms with E-state index in [9.17, 15) is 9.90 Å². The number of unbranched alkanes of at least 4 members (excludes halogenated alkanes) is 3.